The van der Waals surface area contributed by atoms with E-state index in [1.165, 1.54) is 107 Å². The number of nitrogens with zero attached hydrogens (tertiary/aromatic N) is 1. The van der Waals surface area contributed by atoms with Crippen LogP contribution in [0.15, 0.2) is 73.1 Å². The molecule has 0 saturated heterocycles. The molecule has 0 aliphatic rings. The van der Waals surface area contributed by atoms with E-state index in [-0.39, 0.29) is 5.41 Å². The van der Waals surface area contributed by atoms with Crippen molar-refractivity contribution in [2.75, 3.05) is 0 Å². The van der Waals surface area contributed by atoms with Gasteiger partial charge in [0, 0.05) is 5.41 Å². The molecule has 2 heteroatoms. The highest BCUT2D eigenvalue weighted by Crippen LogP contribution is 2.40. The Hall–Kier alpha value is -2.35. The van der Waals surface area contributed by atoms with Crippen LogP contribution in [-0.4, -0.2) is 4.98 Å². The monoisotopic (exact) mass is 515 g/mol. The predicted octanol–water partition coefficient (Wildman–Crippen LogP) is 10.1. The first kappa shape index (κ1) is 30.2. The SMILES string of the molecule is CCCCCCCCCCCCCCCC[n+]1cc[nH]c1C(C)C(C)(Cc1ccccc1)c1ccccc1. The summed E-state index contributed by atoms with van der Waals surface area (Å²) in [5.74, 6) is 1.72. The summed E-state index contributed by atoms with van der Waals surface area (Å²) in [5, 5.41) is 0. The Morgan fingerprint density at radius 3 is 1.74 bits per heavy atom. The molecule has 0 aliphatic carbocycles. The van der Waals surface area contributed by atoms with Gasteiger partial charge in [-0.25, -0.2) is 9.55 Å². The van der Waals surface area contributed by atoms with E-state index in [9.17, 15) is 0 Å². The molecule has 38 heavy (non-hydrogen) atoms. The standard InChI is InChI=1S/C36H54N2/c1-4-5-6-7-8-9-10-11-12-13-14-15-16-23-29-38-30-28-37-35(38)32(2)36(3,34-26-21-18-22-27-34)31-33-24-19-17-20-25-33/h17-22,24-28,30,32H,4-16,23,29,31H2,1-3H3/p+1. The van der Waals surface area contributed by atoms with Gasteiger partial charge >= 0.3 is 0 Å². The molecule has 3 aromatic rings. The second-order valence-electron chi connectivity index (χ2n) is 11.8. The van der Waals surface area contributed by atoms with E-state index < -0.39 is 0 Å². The molecular weight excluding hydrogens is 460 g/mol. The van der Waals surface area contributed by atoms with Crippen molar-refractivity contribution in [1.82, 2.24) is 4.98 Å². The van der Waals surface area contributed by atoms with Crippen LogP contribution < -0.4 is 4.57 Å². The third-order valence-electron chi connectivity index (χ3n) is 8.76. The Morgan fingerprint density at radius 2 is 1.18 bits per heavy atom. The fourth-order valence-corrected chi connectivity index (χ4v) is 6.07. The van der Waals surface area contributed by atoms with Gasteiger partial charge in [0.15, 0.2) is 0 Å². The molecule has 2 nitrogen and oxygen atoms in total. The highest BCUT2D eigenvalue weighted by molar-refractivity contribution is 5.32. The number of rotatable bonds is 20. The average molecular weight is 516 g/mol. The first-order valence-electron chi connectivity index (χ1n) is 15.8. The van der Waals surface area contributed by atoms with Gasteiger partial charge in [0.05, 0.1) is 12.5 Å². The van der Waals surface area contributed by atoms with Crippen molar-refractivity contribution in [1.29, 1.82) is 0 Å². The van der Waals surface area contributed by atoms with Crippen molar-refractivity contribution in [3.63, 3.8) is 0 Å². The summed E-state index contributed by atoms with van der Waals surface area (Å²) in [7, 11) is 0. The van der Waals surface area contributed by atoms with Crippen molar-refractivity contribution in [3.8, 4) is 0 Å². The van der Waals surface area contributed by atoms with Gasteiger partial charge in [-0.15, -0.1) is 0 Å². The Kier molecular flexibility index (Phi) is 13.7. The van der Waals surface area contributed by atoms with Crippen molar-refractivity contribution < 1.29 is 4.57 Å². The Balaban J connectivity index is 1.42. The lowest BCUT2D eigenvalue weighted by molar-refractivity contribution is -0.705. The second-order valence-corrected chi connectivity index (χ2v) is 11.8. The molecule has 0 radical (unpaired) electrons. The van der Waals surface area contributed by atoms with E-state index in [0.717, 1.165) is 13.0 Å². The van der Waals surface area contributed by atoms with Gasteiger partial charge < -0.3 is 0 Å². The maximum Gasteiger partial charge on any atom is 0.257 e. The second kappa shape index (κ2) is 17.3. The maximum absolute atomic E-state index is 3.63. The van der Waals surface area contributed by atoms with Crippen LogP contribution in [0.3, 0.4) is 0 Å². The normalized spacial score (nSPS) is 13.9. The molecule has 0 bridgehead atoms. The van der Waals surface area contributed by atoms with Gasteiger partial charge in [-0.1, -0.05) is 158 Å². The summed E-state index contributed by atoms with van der Waals surface area (Å²) in [4.78, 5) is 3.63. The first-order chi connectivity index (χ1) is 18.6. The molecule has 0 spiro atoms. The topological polar surface area (TPSA) is 19.7 Å². The van der Waals surface area contributed by atoms with Crippen LogP contribution in [0.1, 0.15) is 134 Å². The van der Waals surface area contributed by atoms with Gasteiger partial charge in [-0.2, -0.15) is 0 Å². The Bertz CT molecular complexity index is 977. The fourth-order valence-electron chi connectivity index (χ4n) is 6.07. The molecule has 208 valence electrons. The van der Waals surface area contributed by atoms with E-state index in [2.05, 4.69) is 103 Å². The highest BCUT2D eigenvalue weighted by Gasteiger charge is 2.39. The molecule has 0 fully saturated rings. The lowest BCUT2D eigenvalue weighted by Gasteiger charge is -2.34. The van der Waals surface area contributed by atoms with Crippen LogP contribution in [0, 0.1) is 0 Å². The zero-order chi connectivity index (χ0) is 26.9. The van der Waals surface area contributed by atoms with Gasteiger partial charge in [0.25, 0.3) is 5.82 Å². The molecule has 1 aromatic heterocycles. The quantitative estimate of drug-likeness (QED) is 0.114. The van der Waals surface area contributed by atoms with Gasteiger partial charge in [0.1, 0.15) is 12.4 Å². The van der Waals surface area contributed by atoms with Crippen LogP contribution in [0.2, 0.25) is 0 Å². The molecule has 2 atom stereocenters. The molecule has 0 amide bonds. The van der Waals surface area contributed by atoms with Gasteiger partial charge in [0.2, 0.25) is 0 Å². The first-order valence-corrected chi connectivity index (χ1v) is 15.8. The van der Waals surface area contributed by atoms with E-state index in [1.54, 1.807) is 0 Å². The van der Waals surface area contributed by atoms with E-state index in [1.807, 2.05) is 0 Å². The minimum atomic E-state index is 0.00469. The highest BCUT2D eigenvalue weighted by atomic mass is 15.1. The Morgan fingerprint density at radius 1 is 0.684 bits per heavy atom. The predicted molar refractivity (Wildman–Crippen MR) is 164 cm³/mol. The summed E-state index contributed by atoms with van der Waals surface area (Å²) >= 11 is 0. The van der Waals surface area contributed by atoms with E-state index >= 15 is 0 Å². The van der Waals surface area contributed by atoms with Gasteiger partial charge in [-0.05, 0) is 30.4 Å². The number of imidazole rings is 1. The summed E-state index contributed by atoms with van der Waals surface area (Å²) in [5.41, 5.74) is 2.81. The molecule has 2 aromatic carbocycles. The maximum atomic E-state index is 3.63. The minimum absolute atomic E-state index is 0.00469. The molecule has 1 heterocycles. The molecular formula is C36H55N2+. The Labute approximate surface area is 234 Å². The molecule has 0 saturated carbocycles. The molecule has 0 aliphatic heterocycles. The number of hydrogen-bond acceptors (Lipinski definition) is 0. The van der Waals surface area contributed by atoms with Crippen molar-refractivity contribution in [2.45, 2.75) is 135 Å². The number of nitrogens with one attached hydrogen (secondary N) is 1. The number of benzene rings is 2. The summed E-state index contributed by atoms with van der Waals surface area (Å²) in [6.07, 6.45) is 25.1. The summed E-state index contributed by atoms with van der Waals surface area (Å²) < 4.78 is 2.48. The number of aryl methyl sites for hydroxylation is 1. The van der Waals surface area contributed by atoms with Crippen molar-refractivity contribution in [3.05, 3.63) is 90.0 Å². The number of aromatic nitrogens is 2. The van der Waals surface area contributed by atoms with Crippen LogP contribution in [0.5, 0.6) is 0 Å². The average Bonchev–Trinajstić information content (AvgIpc) is 3.42. The lowest BCUT2D eigenvalue weighted by Crippen LogP contribution is -2.42. The van der Waals surface area contributed by atoms with Crippen molar-refractivity contribution in [2.24, 2.45) is 0 Å². The largest absolute Gasteiger partial charge is 0.257 e. The van der Waals surface area contributed by atoms with Crippen LogP contribution in [-0.2, 0) is 18.4 Å². The summed E-state index contributed by atoms with van der Waals surface area (Å²) in [6.45, 7) is 8.25. The summed E-state index contributed by atoms with van der Waals surface area (Å²) in [6, 6.07) is 22.1. The minimum Gasteiger partial charge on any atom is -0.247 e. The number of hydrogen-bond donors (Lipinski definition) is 1. The van der Waals surface area contributed by atoms with E-state index in [0.29, 0.717) is 5.92 Å². The van der Waals surface area contributed by atoms with Gasteiger partial charge in [-0.3, -0.25) is 0 Å². The molecule has 1 N–H and O–H groups in total. The molecule has 2 unspecified atom stereocenters. The third-order valence-corrected chi connectivity index (χ3v) is 8.76. The number of unbranched alkanes of at least 4 members (excludes halogenated alkanes) is 13. The van der Waals surface area contributed by atoms with Crippen LogP contribution in [0.4, 0.5) is 0 Å². The molecule has 3 rings (SSSR count). The fraction of sp³-hybridized carbons (Fsp3) is 0.583. The number of aromatic amines is 1. The zero-order valence-corrected chi connectivity index (χ0v) is 24.8. The smallest absolute Gasteiger partial charge is 0.247 e. The zero-order valence-electron chi connectivity index (χ0n) is 24.8. The van der Waals surface area contributed by atoms with Crippen LogP contribution in [0.25, 0.3) is 0 Å². The number of H-pyrrole nitrogens is 1. The van der Waals surface area contributed by atoms with E-state index in [4.69, 9.17) is 0 Å². The van der Waals surface area contributed by atoms with Crippen molar-refractivity contribution >= 4 is 0 Å². The van der Waals surface area contributed by atoms with Crippen LogP contribution >= 0.6 is 0 Å². The lowest BCUT2D eigenvalue weighted by atomic mass is 9.68. The third kappa shape index (κ3) is 9.75.